The number of hydrogen-bond donors (Lipinski definition) is 1. The van der Waals surface area contributed by atoms with E-state index in [-0.39, 0.29) is 11.1 Å². The Morgan fingerprint density at radius 1 is 1.28 bits per heavy atom. The van der Waals surface area contributed by atoms with E-state index >= 15 is 0 Å². The van der Waals surface area contributed by atoms with Crippen LogP contribution in [0.3, 0.4) is 0 Å². The molecule has 0 aliphatic carbocycles. The molecule has 0 saturated heterocycles. The van der Waals surface area contributed by atoms with E-state index < -0.39 is 5.97 Å². The van der Waals surface area contributed by atoms with E-state index in [1.165, 1.54) is 22.9 Å². The molecular weight excluding hydrogens is 368 g/mol. The summed E-state index contributed by atoms with van der Waals surface area (Å²) >= 11 is 7.88. The van der Waals surface area contributed by atoms with Gasteiger partial charge in [0.1, 0.15) is 0 Å². The molecule has 1 heterocycles. The Kier molecular flexibility index (Phi) is 3.72. The highest BCUT2D eigenvalue weighted by molar-refractivity contribution is 14.1. The van der Waals surface area contributed by atoms with E-state index in [9.17, 15) is 9.59 Å². The fraction of sp³-hybridized carbons (Fsp3) is 0. The number of rotatable bonds is 2. The van der Waals surface area contributed by atoms with Gasteiger partial charge in [-0.15, -0.1) is 0 Å². The van der Waals surface area contributed by atoms with Gasteiger partial charge < -0.3 is 5.11 Å². The van der Waals surface area contributed by atoms with Crippen LogP contribution in [0.2, 0.25) is 5.02 Å². The number of benzene rings is 1. The van der Waals surface area contributed by atoms with Gasteiger partial charge in [-0.25, -0.2) is 4.79 Å². The van der Waals surface area contributed by atoms with Crippen molar-refractivity contribution >= 4 is 40.2 Å². The van der Waals surface area contributed by atoms with Crippen molar-refractivity contribution in [1.29, 1.82) is 0 Å². The number of pyridine rings is 1. The first kappa shape index (κ1) is 13.1. The number of carboxylic acid groups (broad SMARTS) is 1. The van der Waals surface area contributed by atoms with Crippen LogP contribution < -0.4 is 5.56 Å². The van der Waals surface area contributed by atoms with E-state index in [4.69, 9.17) is 16.7 Å². The van der Waals surface area contributed by atoms with Gasteiger partial charge in [0.25, 0.3) is 5.56 Å². The molecule has 2 rings (SSSR count). The molecule has 0 amide bonds. The van der Waals surface area contributed by atoms with Crippen LogP contribution in [0.25, 0.3) is 5.69 Å². The second-order valence-electron chi connectivity index (χ2n) is 3.53. The molecule has 0 saturated carbocycles. The molecule has 0 aliphatic heterocycles. The van der Waals surface area contributed by atoms with Crippen molar-refractivity contribution in [2.75, 3.05) is 0 Å². The smallest absolute Gasteiger partial charge is 0.337 e. The van der Waals surface area contributed by atoms with E-state index in [0.29, 0.717) is 10.7 Å². The highest BCUT2D eigenvalue weighted by Crippen LogP contribution is 2.20. The standard InChI is InChI=1S/C12H7ClINO3/c13-8-2-3-10(9(14)5-8)15-6-7(12(17)18)1-4-11(15)16/h1-6H,(H,17,18). The van der Waals surface area contributed by atoms with Crippen molar-refractivity contribution in [3.05, 3.63) is 61.0 Å². The van der Waals surface area contributed by atoms with Crippen LogP contribution in [0.15, 0.2) is 41.3 Å². The third-order valence-corrected chi connectivity index (χ3v) is 3.43. The summed E-state index contributed by atoms with van der Waals surface area (Å²) in [5.74, 6) is -1.08. The average Bonchev–Trinajstić information content (AvgIpc) is 2.30. The predicted octanol–water partition coefficient (Wildman–Crippen LogP) is 2.79. The van der Waals surface area contributed by atoms with E-state index in [0.717, 1.165) is 3.57 Å². The van der Waals surface area contributed by atoms with Crippen LogP contribution in [-0.4, -0.2) is 15.6 Å². The molecule has 0 bridgehead atoms. The highest BCUT2D eigenvalue weighted by atomic mass is 127. The monoisotopic (exact) mass is 375 g/mol. The molecule has 1 aromatic heterocycles. The van der Waals surface area contributed by atoms with Gasteiger partial charge in [-0.3, -0.25) is 9.36 Å². The first-order valence-electron chi connectivity index (χ1n) is 4.90. The van der Waals surface area contributed by atoms with Gasteiger partial charge in [0.2, 0.25) is 0 Å². The summed E-state index contributed by atoms with van der Waals surface area (Å²) in [6.45, 7) is 0. The lowest BCUT2D eigenvalue weighted by Crippen LogP contribution is -2.19. The molecule has 0 aliphatic rings. The Morgan fingerprint density at radius 3 is 2.61 bits per heavy atom. The predicted molar refractivity (Wildman–Crippen MR) is 76.7 cm³/mol. The number of hydrogen-bond acceptors (Lipinski definition) is 2. The molecule has 0 spiro atoms. The zero-order chi connectivity index (χ0) is 13.3. The molecule has 0 unspecified atom stereocenters. The second kappa shape index (κ2) is 5.11. The van der Waals surface area contributed by atoms with Gasteiger partial charge in [0, 0.05) is 20.9 Å². The Bertz CT molecular complexity index is 681. The number of aromatic nitrogens is 1. The van der Waals surface area contributed by atoms with Gasteiger partial charge in [0.15, 0.2) is 0 Å². The van der Waals surface area contributed by atoms with Crippen LogP contribution in [0.4, 0.5) is 0 Å². The number of halogens is 2. The second-order valence-corrected chi connectivity index (χ2v) is 5.13. The van der Waals surface area contributed by atoms with Gasteiger partial charge in [-0.2, -0.15) is 0 Å². The summed E-state index contributed by atoms with van der Waals surface area (Å²) in [5, 5.41) is 9.48. The topological polar surface area (TPSA) is 59.3 Å². The van der Waals surface area contributed by atoms with Crippen LogP contribution in [0.5, 0.6) is 0 Å². The SMILES string of the molecule is O=C(O)c1ccc(=O)n(-c2ccc(Cl)cc2I)c1. The number of carbonyl (C=O) groups is 1. The molecule has 0 atom stereocenters. The number of aromatic carboxylic acids is 1. The van der Waals surface area contributed by atoms with Crippen molar-refractivity contribution in [1.82, 2.24) is 4.57 Å². The average molecular weight is 376 g/mol. The quantitative estimate of drug-likeness (QED) is 0.821. The minimum absolute atomic E-state index is 0.0559. The molecule has 18 heavy (non-hydrogen) atoms. The van der Waals surface area contributed by atoms with Gasteiger partial charge >= 0.3 is 5.97 Å². The van der Waals surface area contributed by atoms with Crippen LogP contribution in [0.1, 0.15) is 10.4 Å². The molecule has 1 N–H and O–H groups in total. The van der Waals surface area contributed by atoms with E-state index in [1.54, 1.807) is 18.2 Å². The maximum atomic E-state index is 11.8. The van der Waals surface area contributed by atoms with Crippen LogP contribution in [0, 0.1) is 3.57 Å². The Balaban J connectivity index is 2.66. The Labute approximate surface area is 121 Å². The van der Waals surface area contributed by atoms with Crippen LogP contribution >= 0.6 is 34.2 Å². The molecule has 4 nitrogen and oxygen atoms in total. The third kappa shape index (κ3) is 2.56. The molecule has 6 heteroatoms. The fourth-order valence-corrected chi connectivity index (χ4v) is 2.61. The first-order valence-corrected chi connectivity index (χ1v) is 6.36. The lowest BCUT2D eigenvalue weighted by atomic mass is 10.2. The summed E-state index contributed by atoms with van der Waals surface area (Å²) in [5.41, 5.74) is 0.369. The lowest BCUT2D eigenvalue weighted by molar-refractivity contribution is 0.0696. The number of carboxylic acids is 1. The molecule has 0 radical (unpaired) electrons. The molecule has 92 valence electrons. The van der Waals surface area contributed by atoms with Crippen molar-refractivity contribution in [2.45, 2.75) is 0 Å². The molecule has 0 fully saturated rings. The zero-order valence-electron chi connectivity index (χ0n) is 8.93. The summed E-state index contributed by atoms with van der Waals surface area (Å²) in [4.78, 5) is 22.7. The Hall–Kier alpha value is -1.34. The van der Waals surface area contributed by atoms with Crippen molar-refractivity contribution < 1.29 is 9.90 Å². The highest BCUT2D eigenvalue weighted by Gasteiger charge is 2.09. The summed E-state index contributed by atoms with van der Waals surface area (Å²) in [7, 11) is 0. The van der Waals surface area contributed by atoms with Gasteiger partial charge in [0.05, 0.1) is 11.3 Å². The Morgan fingerprint density at radius 2 is 2.00 bits per heavy atom. The molecule has 1 aromatic carbocycles. The van der Waals surface area contributed by atoms with Crippen molar-refractivity contribution in [3.8, 4) is 5.69 Å². The minimum atomic E-state index is -1.08. The van der Waals surface area contributed by atoms with Gasteiger partial charge in [-0.1, -0.05) is 11.6 Å². The van der Waals surface area contributed by atoms with Crippen LogP contribution in [-0.2, 0) is 0 Å². The summed E-state index contributed by atoms with van der Waals surface area (Å²) in [6.07, 6.45) is 1.30. The molecular formula is C12H7ClINO3. The maximum Gasteiger partial charge on any atom is 0.337 e. The zero-order valence-corrected chi connectivity index (χ0v) is 11.8. The van der Waals surface area contributed by atoms with E-state index in [2.05, 4.69) is 0 Å². The normalized spacial score (nSPS) is 10.3. The lowest BCUT2D eigenvalue weighted by Gasteiger charge is -2.09. The minimum Gasteiger partial charge on any atom is -0.478 e. The summed E-state index contributed by atoms with van der Waals surface area (Å²) in [6, 6.07) is 7.55. The van der Waals surface area contributed by atoms with Crippen molar-refractivity contribution in [3.63, 3.8) is 0 Å². The van der Waals surface area contributed by atoms with Crippen molar-refractivity contribution in [2.24, 2.45) is 0 Å². The largest absolute Gasteiger partial charge is 0.478 e. The fourth-order valence-electron chi connectivity index (χ4n) is 1.48. The van der Waals surface area contributed by atoms with E-state index in [1.807, 2.05) is 22.6 Å². The van der Waals surface area contributed by atoms with Gasteiger partial charge in [-0.05, 0) is 46.9 Å². The molecule has 2 aromatic rings. The first-order chi connectivity index (χ1) is 8.49. The third-order valence-electron chi connectivity index (χ3n) is 2.33. The maximum absolute atomic E-state index is 11.8. The number of nitrogens with zero attached hydrogens (tertiary/aromatic N) is 1. The summed E-state index contributed by atoms with van der Waals surface area (Å²) < 4.78 is 2.06.